The SMILES string of the molecule is CC(NC1CC2CCC1C2)C1CC2CCC1C2. The molecule has 4 aliphatic carbocycles. The topological polar surface area (TPSA) is 12.0 Å². The fourth-order valence-corrected chi connectivity index (χ4v) is 5.82. The maximum atomic E-state index is 4.04. The summed E-state index contributed by atoms with van der Waals surface area (Å²) >= 11 is 0. The highest BCUT2D eigenvalue weighted by molar-refractivity contribution is 4.99. The number of fused-ring (bicyclic) bond motifs is 4. The van der Waals surface area contributed by atoms with Gasteiger partial charge in [0.25, 0.3) is 0 Å². The van der Waals surface area contributed by atoms with Crippen molar-refractivity contribution in [1.82, 2.24) is 5.32 Å². The standard InChI is InChI=1S/C16H27N/c1-10(15-8-11-2-4-13(15)6-11)17-16-9-12-3-5-14(16)7-12/h10-17H,2-9H2,1H3. The monoisotopic (exact) mass is 233 g/mol. The molecule has 4 rings (SSSR count). The molecule has 1 nitrogen and oxygen atoms in total. The number of hydrogen-bond donors (Lipinski definition) is 1. The highest BCUT2D eigenvalue weighted by Crippen LogP contribution is 2.50. The summed E-state index contributed by atoms with van der Waals surface area (Å²) in [5.41, 5.74) is 0. The Labute approximate surface area is 106 Å². The van der Waals surface area contributed by atoms with Crippen LogP contribution in [0.4, 0.5) is 0 Å². The minimum Gasteiger partial charge on any atom is -0.311 e. The summed E-state index contributed by atoms with van der Waals surface area (Å²) in [5, 5.41) is 4.04. The summed E-state index contributed by atoms with van der Waals surface area (Å²) in [4.78, 5) is 0. The molecule has 17 heavy (non-hydrogen) atoms. The highest BCUT2D eigenvalue weighted by Gasteiger charge is 2.44. The average Bonchev–Trinajstić information content (AvgIpc) is 3.08. The van der Waals surface area contributed by atoms with Gasteiger partial charge in [-0.05, 0) is 75.0 Å². The van der Waals surface area contributed by atoms with Crippen LogP contribution in [0.2, 0.25) is 0 Å². The first-order valence-corrected chi connectivity index (χ1v) is 8.05. The van der Waals surface area contributed by atoms with Gasteiger partial charge in [-0.15, -0.1) is 0 Å². The van der Waals surface area contributed by atoms with E-state index in [4.69, 9.17) is 0 Å². The Kier molecular flexibility index (Phi) is 2.54. The highest BCUT2D eigenvalue weighted by atomic mass is 15.0. The van der Waals surface area contributed by atoms with Crippen molar-refractivity contribution in [2.45, 2.75) is 70.4 Å². The molecule has 4 aliphatic rings. The van der Waals surface area contributed by atoms with Crippen LogP contribution < -0.4 is 5.32 Å². The van der Waals surface area contributed by atoms with Crippen LogP contribution in [0.15, 0.2) is 0 Å². The molecule has 0 amide bonds. The molecule has 0 aromatic carbocycles. The third-order valence-electron chi connectivity index (χ3n) is 6.65. The van der Waals surface area contributed by atoms with Crippen molar-refractivity contribution in [1.29, 1.82) is 0 Å². The van der Waals surface area contributed by atoms with Gasteiger partial charge in [-0.2, -0.15) is 0 Å². The Morgan fingerprint density at radius 2 is 1.53 bits per heavy atom. The summed E-state index contributed by atoms with van der Waals surface area (Å²) in [6.07, 6.45) is 12.3. The van der Waals surface area contributed by atoms with Crippen molar-refractivity contribution in [3.63, 3.8) is 0 Å². The van der Waals surface area contributed by atoms with Crippen LogP contribution in [0.1, 0.15) is 58.3 Å². The van der Waals surface area contributed by atoms with Crippen LogP contribution in [-0.2, 0) is 0 Å². The van der Waals surface area contributed by atoms with Crippen LogP contribution in [0.3, 0.4) is 0 Å². The molecular formula is C16H27N. The average molecular weight is 233 g/mol. The molecule has 4 saturated carbocycles. The van der Waals surface area contributed by atoms with Gasteiger partial charge in [-0.1, -0.05) is 12.8 Å². The molecule has 0 radical (unpaired) electrons. The quantitative estimate of drug-likeness (QED) is 0.785. The van der Waals surface area contributed by atoms with Gasteiger partial charge in [-0.25, -0.2) is 0 Å². The summed E-state index contributed by atoms with van der Waals surface area (Å²) in [6.45, 7) is 2.48. The number of nitrogens with one attached hydrogen (secondary N) is 1. The first-order chi connectivity index (χ1) is 8.29. The molecule has 4 bridgehead atoms. The van der Waals surface area contributed by atoms with Gasteiger partial charge < -0.3 is 5.32 Å². The van der Waals surface area contributed by atoms with E-state index in [2.05, 4.69) is 12.2 Å². The second kappa shape index (κ2) is 3.98. The Morgan fingerprint density at radius 3 is 2.06 bits per heavy atom. The molecule has 0 aliphatic heterocycles. The van der Waals surface area contributed by atoms with E-state index in [1.54, 1.807) is 25.7 Å². The molecule has 0 heterocycles. The molecule has 0 saturated heterocycles. The number of hydrogen-bond acceptors (Lipinski definition) is 1. The van der Waals surface area contributed by atoms with Crippen LogP contribution in [0.5, 0.6) is 0 Å². The van der Waals surface area contributed by atoms with Crippen LogP contribution >= 0.6 is 0 Å². The van der Waals surface area contributed by atoms with Crippen LogP contribution in [0, 0.1) is 29.6 Å². The van der Waals surface area contributed by atoms with Crippen molar-refractivity contribution in [3.05, 3.63) is 0 Å². The maximum Gasteiger partial charge on any atom is 0.0101 e. The van der Waals surface area contributed by atoms with Crippen molar-refractivity contribution >= 4 is 0 Å². The summed E-state index contributed by atoms with van der Waals surface area (Å²) < 4.78 is 0. The summed E-state index contributed by atoms with van der Waals surface area (Å²) in [6, 6.07) is 1.69. The van der Waals surface area contributed by atoms with E-state index in [0.29, 0.717) is 0 Å². The summed E-state index contributed by atoms with van der Waals surface area (Å²) in [5.74, 6) is 5.34. The molecule has 4 fully saturated rings. The molecule has 1 N–H and O–H groups in total. The second-order valence-corrected chi connectivity index (χ2v) is 7.58. The van der Waals surface area contributed by atoms with E-state index in [1.807, 2.05) is 0 Å². The fraction of sp³-hybridized carbons (Fsp3) is 1.00. The van der Waals surface area contributed by atoms with Crippen LogP contribution in [0.25, 0.3) is 0 Å². The van der Waals surface area contributed by atoms with Crippen molar-refractivity contribution in [2.24, 2.45) is 29.6 Å². The predicted octanol–water partition coefficient (Wildman–Crippen LogP) is 3.59. The van der Waals surface area contributed by atoms with E-state index in [1.165, 1.54) is 25.7 Å². The third kappa shape index (κ3) is 1.77. The Hall–Kier alpha value is -0.0400. The first-order valence-electron chi connectivity index (χ1n) is 8.05. The van der Waals surface area contributed by atoms with Gasteiger partial charge in [0.2, 0.25) is 0 Å². The lowest BCUT2D eigenvalue weighted by molar-refractivity contribution is 0.221. The third-order valence-corrected chi connectivity index (χ3v) is 6.65. The Balaban J connectivity index is 1.36. The van der Waals surface area contributed by atoms with E-state index >= 15 is 0 Å². The maximum absolute atomic E-state index is 4.04. The van der Waals surface area contributed by atoms with Gasteiger partial charge in [0.15, 0.2) is 0 Å². The van der Waals surface area contributed by atoms with E-state index < -0.39 is 0 Å². The van der Waals surface area contributed by atoms with E-state index in [0.717, 1.165) is 41.7 Å². The van der Waals surface area contributed by atoms with E-state index in [-0.39, 0.29) is 0 Å². The lowest BCUT2D eigenvalue weighted by Crippen LogP contribution is -2.44. The smallest absolute Gasteiger partial charge is 0.0101 e. The van der Waals surface area contributed by atoms with Gasteiger partial charge in [0.1, 0.15) is 0 Å². The largest absolute Gasteiger partial charge is 0.311 e. The zero-order valence-electron chi connectivity index (χ0n) is 11.2. The lowest BCUT2D eigenvalue weighted by atomic mass is 9.83. The summed E-state index contributed by atoms with van der Waals surface area (Å²) in [7, 11) is 0. The van der Waals surface area contributed by atoms with Crippen molar-refractivity contribution in [2.75, 3.05) is 0 Å². The molecule has 96 valence electrons. The van der Waals surface area contributed by atoms with Gasteiger partial charge in [-0.3, -0.25) is 0 Å². The molecule has 1 heteroatoms. The fourth-order valence-electron chi connectivity index (χ4n) is 5.82. The van der Waals surface area contributed by atoms with Crippen molar-refractivity contribution in [3.8, 4) is 0 Å². The Bertz CT molecular complexity index is 300. The Morgan fingerprint density at radius 1 is 0.824 bits per heavy atom. The molecule has 0 spiro atoms. The normalized spacial score (nSPS) is 53.5. The van der Waals surface area contributed by atoms with Gasteiger partial charge in [0.05, 0.1) is 0 Å². The molecule has 0 aromatic heterocycles. The molecular weight excluding hydrogens is 206 g/mol. The van der Waals surface area contributed by atoms with E-state index in [9.17, 15) is 0 Å². The molecule has 7 unspecified atom stereocenters. The first kappa shape index (κ1) is 10.8. The minimum atomic E-state index is 0.801. The minimum absolute atomic E-state index is 0.801. The lowest BCUT2D eigenvalue weighted by Gasteiger charge is -2.33. The predicted molar refractivity (Wildman–Crippen MR) is 70.8 cm³/mol. The second-order valence-electron chi connectivity index (χ2n) is 7.58. The number of rotatable bonds is 3. The zero-order valence-corrected chi connectivity index (χ0v) is 11.2. The van der Waals surface area contributed by atoms with Crippen LogP contribution in [-0.4, -0.2) is 12.1 Å². The van der Waals surface area contributed by atoms with Gasteiger partial charge in [0, 0.05) is 12.1 Å². The molecule has 0 aromatic rings. The van der Waals surface area contributed by atoms with Crippen molar-refractivity contribution < 1.29 is 0 Å². The zero-order chi connectivity index (χ0) is 11.4. The molecule has 7 atom stereocenters. The van der Waals surface area contributed by atoms with Gasteiger partial charge >= 0.3 is 0 Å².